The van der Waals surface area contributed by atoms with Crippen LogP contribution < -0.4 is 5.73 Å². The Balaban J connectivity index is 2.23. The van der Waals surface area contributed by atoms with Crippen molar-refractivity contribution in [2.45, 2.75) is 6.92 Å². The average Bonchev–Trinajstić information content (AvgIpc) is 2.50. The molecule has 0 saturated carbocycles. The number of carbonyl (C=O) groups excluding carboxylic acids is 1. The summed E-state index contributed by atoms with van der Waals surface area (Å²) in [6.45, 7) is 1.81. The number of anilines is 1. The molecular weight excluding hydrogens is 265 g/mol. The predicted octanol–water partition coefficient (Wildman–Crippen LogP) is 4.10. The third-order valence-electron chi connectivity index (χ3n) is 3.74. The zero-order valence-electron chi connectivity index (χ0n) is 11.6. The molecule has 0 radical (unpaired) electrons. The maximum absolute atomic E-state index is 13.8. The Morgan fingerprint density at radius 2 is 1.62 bits per heavy atom. The Kier molecular flexibility index (Phi) is 3.18. The number of rotatable bonds is 2. The molecule has 3 aromatic rings. The fourth-order valence-electron chi connectivity index (χ4n) is 2.50. The average molecular weight is 279 g/mol. The summed E-state index contributed by atoms with van der Waals surface area (Å²) in [4.78, 5) is 12.8. The number of nitrogens with two attached hydrogens (primary N) is 1. The minimum atomic E-state index is -0.327. The Bertz CT molecular complexity index is 855. The lowest BCUT2D eigenvalue weighted by Crippen LogP contribution is -2.06. The van der Waals surface area contributed by atoms with Crippen molar-refractivity contribution in [3.05, 3.63) is 77.1 Å². The minimum absolute atomic E-state index is 0.143. The van der Waals surface area contributed by atoms with E-state index in [0.717, 1.165) is 5.56 Å². The second-order valence-electron chi connectivity index (χ2n) is 4.99. The summed E-state index contributed by atoms with van der Waals surface area (Å²) in [5, 5.41) is 1.06. The summed E-state index contributed by atoms with van der Waals surface area (Å²) < 4.78 is 13.8. The summed E-state index contributed by atoms with van der Waals surface area (Å²) in [5.74, 6) is -0.470. The van der Waals surface area contributed by atoms with Gasteiger partial charge in [-0.15, -0.1) is 0 Å². The lowest BCUT2D eigenvalue weighted by molar-refractivity contribution is 0.104. The quantitative estimate of drug-likeness (QED) is 0.567. The van der Waals surface area contributed by atoms with Crippen LogP contribution in [-0.4, -0.2) is 5.78 Å². The highest BCUT2D eigenvalue weighted by atomic mass is 19.1. The number of fused-ring (bicyclic) bond motifs is 1. The van der Waals surface area contributed by atoms with Gasteiger partial charge in [-0.2, -0.15) is 0 Å². The first-order chi connectivity index (χ1) is 10.1. The fraction of sp³-hybridized carbons (Fsp3) is 0.0556. The molecule has 0 aliphatic carbocycles. The smallest absolute Gasteiger partial charge is 0.193 e. The molecule has 0 aromatic heterocycles. The van der Waals surface area contributed by atoms with Crippen LogP contribution in [0.25, 0.3) is 10.8 Å². The molecule has 2 N–H and O–H groups in total. The van der Waals surface area contributed by atoms with Gasteiger partial charge in [-0.25, -0.2) is 4.39 Å². The minimum Gasteiger partial charge on any atom is -0.398 e. The summed E-state index contributed by atoms with van der Waals surface area (Å²) in [7, 11) is 0. The lowest BCUT2D eigenvalue weighted by Gasteiger charge is -2.10. The van der Waals surface area contributed by atoms with Crippen LogP contribution >= 0.6 is 0 Å². The number of nitrogen functional groups attached to an aromatic ring is 1. The molecule has 3 aromatic carbocycles. The van der Waals surface area contributed by atoms with Crippen LogP contribution in [0.3, 0.4) is 0 Å². The molecule has 0 amide bonds. The van der Waals surface area contributed by atoms with Crippen molar-refractivity contribution in [3.8, 4) is 0 Å². The van der Waals surface area contributed by atoms with Gasteiger partial charge >= 0.3 is 0 Å². The molecule has 0 aliphatic rings. The number of hydrogen-bond donors (Lipinski definition) is 1. The van der Waals surface area contributed by atoms with Crippen molar-refractivity contribution in [2.75, 3.05) is 5.73 Å². The molecule has 21 heavy (non-hydrogen) atoms. The van der Waals surface area contributed by atoms with Crippen molar-refractivity contribution < 1.29 is 9.18 Å². The zero-order valence-corrected chi connectivity index (χ0v) is 11.6. The van der Waals surface area contributed by atoms with Crippen LogP contribution in [0.2, 0.25) is 0 Å². The Hall–Kier alpha value is -2.68. The zero-order chi connectivity index (χ0) is 15.0. The summed E-state index contributed by atoms with van der Waals surface area (Å²) >= 11 is 0. The third-order valence-corrected chi connectivity index (χ3v) is 3.74. The molecule has 0 saturated heterocycles. The number of benzene rings is 3. The van der Waals surface area contributed by atoms with E-state index in [1.807, 2.05) is 6.92 Å². The number of halogens is 1. The first-order valence-corrected chi connectivity index (χ1v) is 6.66. The highest BCUT2D eigenvalue weighted by Gasteiger charge is 2.16. The number of carbonyl (C=O) groups is 1. The molecule has 104 valence electrons. The van der Waals surface area contributed by atoms with Crippen LogP contribution in [0.4, 0.5) is 10.1 Å². The molecule has 0 spiro atoms. The van der Waals surface area contributed by atoms with Gasteiger partial charge in [0.2, 0.25) is 0 Å². The summed E-state index contributed by atoms with van der Waals surface area (Å²) in [6, 6.07) is 15.1. The Morgan fingerprint density at radius 1 is 0.905 bits per heavy atom. The normalized spacial score (nSPS) is 10.8. The Morgan fingerprint density at radius 3 is 2.38 bits per heavy atom. The van der Waals surface area contributed by atoms with Gasteiger partial charge in [0.25, 0.3) is 0 Å². The standard InChI is InChI=1S/C18H14FNO/c1-11-12(7-4-8-17(11)20)18(21)15-9-10-16(19)14-6-3-2-5-13(14)15/h2-10H,20H2,1H3. The SMILES string of the molecule is Cc1c(N)cccc1C(=O)c1ccc(F)c2ccccc12. The van der Waals surface area contributed by atoms with E-state index in [0.29, 0.717) is 27.6 Å². The molecule has 0 bridgehead atoms. The van der Waals surface area contributed by atoms with Crippen molar-refractivity contribution in [3.63, 3.8) is 0 Å². The predicted molar refractivity (Wildman–Crippen MR) is 82.9 cm³/mol. The maximum Gasteiger partial charge on any atom is 0.193 e. The number of hydrogen-bond acceptors (Lipinski definition) is 2. The van der Waals surface area contributed by atoms with Crippen molar-refractivity contribution >= 4 is 22.2 Å². The van der Waals surface area contributed by atoms with E-state index in [1.54, 1.807) is 42.5 Å². The monoisotopic (exact) mass is 279 g/mol. The lowest BCUT2D eigenvalue weighted by atomic mass is 9.94. The second-order valence-corrected chi connectivity index (χ2v) is 4.99. The van der Waals surface area contributed by atoms with E-state index in [1.165, 1.54) is 12.1 Å². The second kappa shape index (κ2) is 5.02. The van der Waals surface area contributed by atoms with Gasteiger partial charge in [-0.3, -0.25) is 4.79 Å². The van der Waals surface area contributed by atoms with Gasteiger partial charge in [-0.1, -0.05) is 36.4 Å². The van der Waals surface area contributed by atoms with E-state index in [-0.39, 0.29) is 11.6 Å². The molecule has 0 fully saturated rings. The first kappa shape index (κ1) is 13.3. The van der Waals surface area contributed by atoms with E-state index < -0.39 is 0 Å². The topological polar surface area (TPSA) is 43.1 Å². The van der Waals surface area contributed by atoms with Crippen LogP contribution in [0.15, 0.2) is 54.6 Å². The molecule has 0 atom stereocenters. The molecule has 0 heterocycles. The molecule has 0 unspecified atom stereocenters. The van der Waals surface area contributed by atoms with E-state index >= 15 is 0 Å². The van der Waals surface area contributed by atoms with Crippen molar-refractivity contribution in [2.24, 2.45) is 0 Å². The van der Waals surface area contributed by atoms with E-state index in [2.05, 4.69) is 0 Å². The van der Waals surface area contributed by atoms with E-state index in [4.69, 9.17) is 5.73 Å². The van der Waals surface area contributed by atoms with Gasteiger partial charge < -0.3 is 5.73 Å². The Labute approximate surface area is 122 Å². The largest absolute Gasteiger partial charge is 0.398 e. The molecule has 2 nitrogen and oxygen atoms in total. The summed E-state index contributed by atoms with van der Waals surface area (Å²) in [5.41, 5.74) is 8.22. The van der Waals surface area contributed by atoms with Crippen LogP contribution in [0.5, 0.6) is 0 Å². The number of ketones is 1. The van der Waals surface area contributed by atoms with Gasteiger partial charge in [0.15, 0.2) is 5.78 Å². The maximum atomic E-state index is 13.8. The van der Waals surface area contributed by atoms with Gasteiger partial charge in [0, 0.05) is 22.2 Å². The molecule has 3 rings (SSSR count). The van der Waals surface area contributed by atoms with Crippen molar-refractivity contribution in [1.82, 2.24) is 0 Å². The first-order valence-electron chi connectivity index (χ1n) is 6.66. The van der Waals surface area contributed by atoms with Gasteiger partial charge in [0.05, 0.1) is 0 Å². The highest BCUT2D eigenvalue weighted by molar-refractivity contribution is 6.17. The van der Waals surface area contributed by atoms with E-state index in [9.17, 15) is 9.18 Å². The van der Waals surface area contributed by atoms with Crippen molar-refractivity contribution in [1.29, 1.82) is 0 Å². The van der Waals surface area contributed by atoms with Crippen LogP contribution in [-0.2, 0) is 0 Å². The van der Waals surface area contributed by atoms with Crippen LogP contribution in [0.1, 0.15) is 21.5 Å². The molecule has 0 aliphatic heterocycles. The third kappa shape index (κ3) is 2.17. The molecule has 3 heteroatoms. The van der Waals surface area contributed by atoms with Crippen LogP contribution in [0, 0.1) is 12.7 Å². The van der Waals surface area contributed by atoms with Gasteiger partial charge in [-0.05, 0) is 36.1 Å². The van der Waals surface area contributed by atoms with Gasteiger partial charge in [0.1, 0.15) is 5.82 Å². The highest BCUT2D eigenvalue weighted by Crippen LogP contribution is 2.26. The summed E-state index contributed by atoms with van der Waals surface area (Å²) in [6.07, 6.45) is 0. The fourth-order valence-corrected chi connectivity index (χ4v) is 2.50. The molecular formula is C18H14FNO.